The van der Waals surface area contributed by atoms with Crippen LogP contribution in [0.3, 0.4) is 0 Å². The molecule has 0 radical (unpaired) electrons. The standard InChI is InChI=1S/C24H32N4OS/c1-16(2)18-10-8-11-19(17(3)4)22(18)27-21(29)13-6-5-7-15-30-24-26-20-12-9-14-25-23(20)28-24/h8-12,14,16-17H,5-7,13,15H2,1-4H3,(H,27,29)(H,25,26,28). The zero-order valence-electron chi connectivity index (χ0n) is 18.4. The highest BCUT2D eigenvalue weighted by Crippen LogP contribution is 2.32. The van der Waals surface area contributed by atoms with Crippen LogP contribution >= 0.6 is 11.8 Å². The molecule has 2 aromatic heterocycles. The molecule has 6 heteroatoms. The molecule has 0 aliphatic carbocycles. The zero-order chi connectivity index (χ0) is 21.5. The first kappa shape index (κ1) is 22.3. The number of H-pyrrole nitrogens is 1. The van der Waals surface area contributed by atoms with E-state index in [9.17, 15) is 4.79 Å². The van der Waals surface area contributed by atoms with Gasteiger partial charge in [0.05, 0.1) is 5.52 Å². The summed E-state index contributed by atoms with van der Waals surface area (Å²) < 4.78 is 0. The van der Waals surface area contributed by atoms with Crippen molar-refractivity contribution in [3.05, 3.63) is 47.7 Å². The van der Waals surface area contributed by atoms with Gasteiger partial charge >= 0.3 is 0 Å². The highest BCUT2D eigenvalue weighted by Gasteiger charge is 2.15. The van der Waals surface area contributed by atoms with Crippen LogP contribution in [0, 0.1) is 0 Å². The molecule has 5 nitrogen and oxygen atoms in total. The molecule has 160 valence electrons. The number of carbonyl (C=O) groups is 1. The number of unbranched alkanes of at least 4 members (excludes halogenated alkanes) is 2. The predicted molar refractivity (Wildman–Crippen MR) is 126 cm³/mol. The van der Waals surface area contributed by atoms with Gasteiger partial charge in [-0.2, -0.15) is 0 Å². The van der Waals surface area contributed by atoms with Gasteiger partial charge in [0.15, 0.2) is 10.8 Å². The molecule has 30 heavy (non-hydrogen) atoms. The molecule has 2 heterocycles. The molecule has 0 unspecified atom stereocenters. The van der Waals surface area contributed by atoms with Crippen LogP contribution in [0.5, 0.6) is 0 Å². The quantitative estimate of drug-likeness (QED) is 0.288. The van der Waals surface area contributed by atoms with Crippen molar-refractivity contribution in [2.24, 2.45) is 0 Å². The number of hydrogen-bond donors (Lipinski definition) is 2. The second-order valence-electron chi connectivity index (χ2n) is 8.24. The van der Waals surface area contributed by atoms with Gasteiger partial charge in [-0.3, -0.25) is 4.79 Å². The van der Waals surface area contributed by atoms with Crippen molar-refractivity contribution in [3.8, 4) is 0 Å². The summed E-state index contributed by atoms with van der Waals surface area (Å²) in [6, 6.07) is 10.2. The molecule has 0 bridgehead atoms. The summed E-state index contributed by atoms with van der Waals surface area (Å²) in [4.78, 5) is 24.6. The number of nitrogens with zero attached hydrogens (tertiary/aromatic N) is 2. The van der Waals surface area contributed by atoms with E-state index in [1.807, 2.05) is 12.1 Å². The number of carbonyl (C=O) groups excluding carboxylic acids is 1. The van der Waals surface area contributed by atoms with Crippen molar-refractivity contribution in [1.82, 2.24) is 15.0 Å². The summed E-state index contributed by atoms with van der Waals surface area (Å²) in [6.07, 6.45) is 5.30. The van der Waals surface area contributed by atoms with E-state index in [1.165, 1.54) is 11.1 Å². The molecule has 1 amide bonds. The van der Waals surface area contributed by atoms with Crippen LogP contribution in [-0.4, -0.2) is 26.6 Å². The number of hydrogen-bond acceptors (Lipinski definition) is 4. The molecule has 3 rings (SSSR count). The van der Waals surface area contributed by atoms with E-state index in [4.69, 9.17) is 0 Å². The van der Waals surface area contributed by atoms with E-state index in [0.29, 0.717) is 18.3 Å². The van der Waals surface area contributed by atoms with Crippen LogP contribution in [0.2, 0.25) is 0 Å². The molecule has 0 atom stereocenters. The van der Waals surface area contributed by atoms with Gasteiger partial charge in [-0.25, -0.2) is 9.97 Å². The SMILES string of the molecule is CC(C)c1cccc(C(C)C)c1NC(=O)CCCCCSc1nc2ncccc2[nH]1. The first-order chi connectivity index (χ1) is 14.5. The lowest BCUT2D eigenvalue weighted by Crippen LogP contribution is -2.15. The van der Waals surface area contributed by atoms with E-state index >= 15 is 0 Å². The van der Waals surface area contributed by atoms with E-state index in [0.717, 1.165) is 47.0 Å². The van der Waals surface area contributed by atoms with Crippen LogP contribution in [-0.2, 0) is 4.79 Å². The summed E-state index contributed by atoms with van der Waals surface area (Å²) in [5, 5.41) is 4.12. The number of aromatic amines is 1. The van der Waals surface area contributed by atoms with Crippen molar-refractivity contribution < 1.29 is 4.79 Å². The third-order valence-electron chi connectivity index (χ3n) is 5.16. The van der Waals surface area contributed by atoms with Gasteiger partial charge < -0.3 is 10.3 Å². The van der Waals surface area contributed by atoms with Crippen LogP contribution < -0.4 is 5.32 Å². The van der Waals surface area contributed by atoms with E-state index in [1.54, 1.807) is 18.0 Å². The number of fused-ring (bicyclic) bond motifs is 1. The maximum atomic E-state index is 12.6. The molecule has 0 saturated carbocycles. The maximum Gasteiger partial charge on any atom is 0.224 e. The van der Waals surface area contributed by atoms with Crippen molar-refractivity contribution in [1.29, 1.82) is 0 Å². The molecule has 1 aromatic carbocycles. The first-order valence-electron chi connectivity index (χ1n) is 10.8. The van der Waals surface area contributed by atoms with Crippen molar-refractivity contribution >= 4 is 34.5 Å². The molecule has 0 spiro atoms. The minimum absolute atomic E-state index is 0.112. The molecule has 0 saturated heterocycles. The monoisotopic (exact) mass is 424 g/mol. The Morgan fingerprint density at radius 1 is 1.03 bits per heavy atom. The second-order valence-corrected chi connectivity index (χ2v) is 9.33. The number of aromatic nitrogens is 3. The van der Waals surface area contributed by atoms with Crippen LogP contribution in [0.15, 0.2) is 41.7 Å². The Labute approximate surface area is 183 Å². The lowest BCUT2D eigenvalue weighted by atomic mass is 9.92. The Morgan fingerprint density at radius 2 is 1.77 bits per heavy atom. The Morgan fingerprint density at radius 3 is 2.43 bits per heavy atom. The van der Waals surface area contributed by atoms with Gasteiger partial charge in [0.1, 0.15) is 0 Å². The first-order valence-corrected chi connectivity index (χ1v) is 11.8. The number of thioether (sulfide) groups is 1. The third kappa shape index (κ3) is 5.85. The third-order valence-corrected chi connectivity index (χ3v) is 6.12. The second kappa shape index (κ2) is 10.6. The minimum Gasteiger partial charge on any atom is -0.332 e. The Kier molecular flexibility index (Phi) is 7.91. The molecule has 0 aliphatic rings. The lowest BCUT2D eigenvalue weighted by molar-refractivity contribution is -0.116. The fourth-order valence-electron chi connectivity index (χ4n) is 3.52. The number of imidazole rings is 1. The van der Waals surface area contributed by atoms with Gasteiger partial charge in [-0.1, -0.05) is 64.1 Å². The molecule has 0 aliphatic heterocycles. The topological polar surface area (TPSA) is 70.7 Å². The number of nitrogens with one attached hydrogen (secondary N) is 2. The van der Waals surface area contributed by atoms with Gasteiger partial charge in [0, 0.05) is 24.1 Å². The lowest BCUT2D eigenvalue weighted by Gasteiger charge is -2.20. The van der Waals surface area contributed by atoms with Gasteiger partial charge in [0.25, 0.3) is 0 Å². The summed E-state index contributed by atoms with van der Waals surface area (Å²) in [6.45, 7) is 8.69. The minimum atomic E-state index is 0.112. The van der Waals surface area contributed by atoms with E-state index < -0.39 is 0 Å². The number of anilines is 1. The van der Waals surface area contributed by atoms with Crippen molar-refractivity contribution in [3.63, 3.8) is 0 Å². The fourth-order valence-corrected chi connectivity index (χ4v) is 4.40. The van der Waals surface area contributed by atoms with Gasteiger partial charge in [-0.05, 0) is 47.9 Å². The Balaban J connectivity index is 1.43. The zero-order valence-corrected chi connectivity index (χ0v) is 19.2. The normalized spacial score (nSPS) is 11.5. The van der Waals surface area contributed by atoms with Gasteiger partial charge in [0.2, 0.25) is 5.91 Å². The largest absolute Gasteiger partial charge is 0.332 e. The number of rotatable bonds is 10. The molecule has 2 N–H and O–H groups in total. The van der Waals surface area contributed by atoms with E-state index in [2.05, 4.69) is 66.2 Å². The van der Waals surface area contributed by atoms with Crippen molar-refractivity contribution in [2.75, 3.05) is 11.1 Å². The number of pyridine rings is 1. The average Bonchev–Trinajstić information content (AvgIpc) is 3.13. The van der Waals surface area contributed by atoms with Crippen LogP contribution in [0.1, 0.15) is 76.3 Å². The molecular formula is C24H32N4OS. The fraction of sp³-hybridized carbons (Fsp3) is 0.458. The molecule has 0 fully saturated rings. The van der Waals surface area contributed by atoms with Crippen LogP contribution in [0.25, 0.3) is 11.2 Å². The number of amides is 1. The number of para-hydroxylation sites is 1. The number of benzene rings is 1. The average molecular weight is 425 g/mol. The maximum absolute atomic E-state index is 12.6. The van der Waals surface area contributed by atoms with Crippen molar-refractivity contribution in [2.45, 2.75) is 70.4 Å². The van der Waals surface area contributed by atoms with Crippen LogP contribution in [0.4, 0.5) is 5.69 Å². The summed E-state index contributed by atoms with van der Waals surface area (Å²) in [7, 11) is 0. The predicted octanol–water partition coefficient (Wildman–Crippen LogP) is 6.50. The molecule has 3 aromatic rings. The Bertz CT molecular complexity index is 921. The smallest absolute Gasteiger partial charge is 0.224 e. The summed E-state index contributed by atoms with van der Waals surface area (Å²) in [5.41, 5.74) is 5.18. The van der Waals surface area contributed by atoms with Gasteiger partial charge in [-0.15, -0.1) is 0 Å². The highest BCUT2D eigenvalue weighted by atomic mass is 32.2. The summed E-state index contributed by atoms with van der Waals surface area (Å²) >= 11 is 1.71. The van der Waals surface area contributed by atoms with E-state index in [-0.39, 0.29) is 5.91 Å². The highest BCUT2D eigenvalue weighted by molar-refractivity contribution is 7.99. The summed E-state index contributed by atoms with van der Waals surface area (Å²) in [5.74, 6) is 1.85. The Hall–Kier alpha value is -2.34. The molecular weight excluding hydrogens is 392 g/mol.